The maximum absolute atomic E-state index is 13.5. The SMILES string of the molecule is CN1Cc2cc(Oc3c([N+](=O)[O-])ccc4c3CC[C@@H]4OP(=O)(N3CC3)N3CC3)ccc2C1=O. The molecule has 0 radical (unpaired) electrons. The predicted molar refractivity (Wildman–Crippen MR) is 118 cm³/mol. The topological polar surface area (TPSA) is 105 Å². The maximum Gasteiger partial charge on any atom is 0.346 e. The molecule has 6 rings (SSSR count). The summed E-state index contributed by atoms with van der Waals surface area (Å²) in [7, 11) is -1.29. The molecule has 1 aliphatic carbocycles. The van der Waals surface area contributed by atoms with Crippen LogP contribution in [-0.2, 0) is 22.1 Å². The number of carbonyl (C=O) groups is 1. The number of rotatable bonds is 7. The minimum absolute atomic E-state index is 0.0506. The fourth-order valence-electron chi connectivity index (χ4n) is 4.68. The highest BCUT2D eigenvalue weighted by Crippen LogP contribution is 2.64. The zero-order chi connectivity index (χ0) is 22.9. The van der Waals surface area contributed by atoms with E-state index in [-0.39, 0.29) is 17.3 Å². The fraction of sp³-hybridized carbons (Fsp3) is 0.409. The Morgan fingerprint density at radius 1 is 1.12 bits per heavy atom. The van der Waals surface area contributed by atoms with Crippen LogP contribution >= 0.6 is 7.67 Å². The van der Waals surface area contributed by atoms with E-state index in [1.165, 1.54) is 6.07 Å². The van der Waals surface area contributed by atoms with E-state index >= 15 is 0 Å². The van der Waals surface area contributed by atoms with E-state index in [2.05, 4.69) is 0 Å². The monoisotopic (exact) mass is 470 g/mol. The number of fused-ring (bicyclic) bond motifs is 2. The summed E-state index contributed by atoms with van der Waals surface area (Å²) >= 11 is 0. The number of nitrogens with zero attached hydrogens (tertiary/aromatic N) is 4. The van der Waals surface area contributed by atoms with Gasteiger partial charge in [-0.25, -0.2) is 9.34 Å². The van der Waals surface area contributed by atoms with Crippen LogP contribution in [0.15, 0.2) is 30.3 Å². The Hall–Kier alpha value is -2.78. The van der Waals surface area contributed by atoms with Gasteiger partial charge >= 0.3 is 13.4 Å². The van der Waals surface area contributed by atoms with E-state index in [9.17, 15) is 19.5 Å². The lowest BCUT2D eigenvalue weighted by Gasteiger charge is -2.24. The van der Waals surface area contributed by atoms with Gasteiger partial charge in [-0.15, -0.1) is 0 Å². The van der Waals surface area contributed by atoms with Crippen LogP contribution < -0.4 is 4.74 Å². The van der Waals surface area contributed by atoms with Gasteiger partial charge in [0, 0.05) is 57.0 Å². The summed E-state index contributed by atoms with van der Waals surface area (Å²) in [6.45, 7) is 3.52. The van der Waals surface area contributed by atoms with E-state index in [0.29, 0.717) is 36.3 Å². The summed E-state index contributed by atoms with van der Waals surface area (Å²) in [6, 6.07) is 8.25. The first-order valence-corrected chi connectivity index (χ1v) is 12.5. The summed E-state index contributed by atoms with van der Waals surface area (Å²) in [5, 5.41) is 11.8. The van der Waals surface area contributed by atoms with Crippen LogP contribution in [0.2, 0.25) is 0 Å². The highest BCUT2D eigenvalue weighted by atomic mass is 31.2. The summed E-state index contributed by atoms with van der Waals surface area (Å²) < 4.78 is 29.5. The molecule has 2 aromatic carbocycles. The Kier molecular flexibility index (Phi) is 4.64. The molecular weight excluding hydrogens is 447 g/mol. The molecule has 1 atom stereocenters. The summed E-state index contributed by atoms with van der Waals surface area (Å²) in [6.07, 6.45) is 0.715. The molecule has 2 saturated heterocycles. The van der Waals surface area contributed by atoms with E-state index in [1.54, 1.807) is 36.2 Å². The van der Waals surface area contributed by atoms with Gasteiger partial charge in [-0.1, -0.05) is 0 Å². The van der Waals surface area contributed by atoms with Gasteiger partial charge in [0.25, 0.3) is 5.91 Å². The van der Waals surface area contributed by atoms with Crippen molar-refractivity contribution in [2.45, 2.75) is 25.5 Å². The number of benzene rings is 2. The van der Waals surface area contributed by atoms with Gasteiger partial charge in [-0.2, -0.15) is 0 Å². The molecule has 3 heterocycles. The van der Waals surface area contributed by atoms with Crippen molar-refractivity contribution in [3.05, 3.63) is 62.7 Å². The zero-order valence-electron chi connectivity index (χ0n) is 18.1. The van der Waals surface area contributed by atoms with Crippen molar-refractivity contribution in [1.82, 2.24) is 14.2 Å². The molecule has 0 unspecified atom stereocenters. The molecule has 0 N–H and O–H groups in total. The van der Waals surface area contributed by atoms with Crippen LogP contribution in [0.25, 0.3) is 0 Å². The molecule has 1 amide bonds. The molecule has 172 valence electrons. The third kappa shape index (κ3) is 3.45. The lowest BCUT2D eigenvalue weighted by molar-refractivity contribution is -0.385. The third-order valence-electron chi connectivity index (χ3n) is 6.58. The molecule has 2 fully saturated rings. The minimum Gasteiger partial charge on any atom is -0.450 e. The first kappa shape index (κ1) is 20.8. The van der Waals surface area contributed by atoms with E-state index in [0.717, 1.165) is 37.3 Å². The molecule has 0 saturated carbocycles. The Labute approximate surface area is 190 Å². The van der Waals surface area contributed by atoms with Crippen LogP contribution in [0.4, 0.5) is 5.69 Å². The van der Waals surface area contributed by atoms with Gasteiger partial charge in [0.15, 0.2) is 0 Å². The average molecular weight is 470 g/mol. The number of hydrogen-bond acceptors (Lipinski definition) is 6. The van der Waals surface area contributed by atoms with E-state index in [4.69, 9.17) is 9.26 Å². The fourth-order valence-corrected chi connectivity index (χ4v) is 7.05. The predicted octanol–water partition coefficient (Wildman–Crippen LogP) is 3.72. The Bertz CT molecular complexity index is 1230. The Morgan fingerprint density at radius 3 is 2.52 bits per heavy atom. The first-order chi connectivity index (χ1) is 15.8. The molecule has 4 aliphatic rings. The van der Waals surface area contributed by atoms with Crippen molar-refractivity contribution in [2.24, 2.45) is 0 Å². The second kappa shape index (κ2) is 7.36. The van der Waals surface area contributed by atoms with Crippen LogP contribution in [0, 0.1) is 10.1 Å². The standard InChI is InChI=1S/C22H23N4O6P/c1-23-13-14-12-15(2-3-16(14)22(23)27)31-21-18-5-7-20(17(18)4-6-19(21)26(28)29)32-33(30,24-8-9-24)25-10-11-25/h2-4,6,12,20H,5,7-11,13H2,1H3/t20-/m0/s1. The second-order valence-corrected chi connectivity index (χ2v) is 11.2. The maximum atomic E-state index is 13.5. The van der Waals surface area contributed by atoms with Crippen LogP contribution in [0.3, 0.4) is 0 Å². The molecule has 3 aliphatic heterocycles. The molecule has 11 heteroatoms. The number of hydrogen-bond donors (Lipinski definition) is 0. The van der Waals surface area contributed by atoms with Crippen molar-refractivity contribution in [3.8, 4) is 11.5 Å². The smallest absolute Gasteiger partial charge is 0.346 e. The normalized spacial score (nSPS) is 21.8. The second-order valence-electron chi connectivity index (χ2n) is 8.85. The Balaban J connectivity index is 1.33. The number of ether oxygens (including phenoxy) is 1. The van der Waals surface area contributed by atoms with Crippen LogP contribution in [0.1, 0.15) is 39.6 Å². The average Bonchev–Trinajstić information content (AvgIpc) is 3.70. The minimum atomic E-state index is -3.02. The van der Waals surface area contributed by atoms with Crippen molar-refractivity contribution < 1.29 is 23.5 Å². The van der Waals surface area contributed by atoms with Gasteiger partial charge in [-0.05, 0) is 48.2 Å². The highest BCUT2D eigenvalue weighted by Gasteiger charge is 2.51. The van der Waals surface area contributed by atoms with Crippen LogP contribution in [-0.4, -0.2) is 58.3 Å². The largest absolute Gasteiger partial charge is 0.450 e. The molecule has 2 aromatic rings. The molecular formula is C22H23N4O6P. The quantitative estimate of drug-likeness (QED) is 0.261. The van der Waals surface area contributed by atoms with Gasteiger partial charge in [0.2, 0.25) is 5.75 Å². The first-order valence-electron chi connectivity index (χ1n) is 11.0. The zero-order valence-corrected chi connectivity index (χ0v) is 19.0. The third-order valence-corrected chi connectivity index (χ3v) is 9.34. The number of nitro groups is 1. The number of nitro benzene ring substituents is 1. The van der Waals surface area contributed by atoms with Gasteiger partial charge in [0.1, 0.15) is 5.75 Å². The summed E-state index contributed by atoms with van der Waals surface area (Å²) in [5.74, 6) is 0.580. The van der Waals surface area contributed by atoms with Crippen LogP contribution in [0.5, 0.6) is 11.5 Å². The molecule has 0 spiro atoms. The lowest BCUT2D eigenvalue weighted by atomic mass is 10.1. The van der Waals surface area contributed by atoms with Crippen molar-refractivity contribution >= 4 is 19.3 Å². The molecule has 10 nitrogen and oxygen atoms in total. The van der Waals surface area contributed by atoms with Crippen molar-refractivity contribution in [1.29, 1.82) is 0 Å². The van der Waals surface area contributed by atoms with E-state index < -0.39 is 18.7 Å². The summed E-state index contributed by atoms with van der Waals surface area (Å²) in [4.78, 5) is 25.1. The lowest BCUT2D eigenvalue weighted by Crippen LogP contribution is -2.17. The molecule has 0 aromatic heterocycles. The molecule has 33 heavy (non-hydrogen) atoms. The van der Waals surface area contributed by atoms with Crippen molar-refractivity contribution in [2.75, 3.05) is 33.2 Å². The van der Waals surface area contributed by atoms with Gasteiger partial charge in [0.05, 0.1) is 11.0 Å². The van der Waals surface area contributed by atoms with E-state index in [1.807, 2.05) is 9.34 Å². The van der Waals surface area contributed by atoms with Gasteiger partial charge < -0.3 is 9.64 Å². The summed E-state index contributed by atoms with van der Waals surface area (Å²) in [5.41, 5.74) is 2.83. The number of amides is 1. The highest BCUT2D eigenvalue weighted by molar-refractivity contribution is 7.54. The number of carbonyl (C=O) groups excluding carboxylic acids is 1. The van der Waals surface area contributed by atoms with Crippen molar-refractivity contribution in [3.63, 3.8) is 0 Å². The van der Waals surface area contributed by atoms with Gasteiger partial charge in [-0.3, -0.25) is 24.0 Å². The molecule has 0 bridgehead atoms. The Morgan fingerprint density at radius 2 is 1.85 bits per heavy atom.